The van der Waals surface area contributed by atoms with E-state index in [1.165, 1.54) is 0 Å². The number of anilines is 2. The molecule has 0 saturated heterocycles. The maximum atomic E-state index is 13.6. The third-order valence-corrected chi connectivity index (χ3v) is 7.35. The van der Waals surface area contributed by atoms with E-state index < -0.39 is 5.97 Å². The lowest BCUT2D eigenvalue weighted by molar-refractivity contribution is -0.136. The highest BCUT2D eigenvalue weighted by atomic mass is 32.2. The van der Waals surface area contributed by atoms with E-state index in [2.05, 4.69) is 23.5 Å². The van der Waals surface area contributed by atoms with Crippen LogP contribution in [0.25, 0.3) is 10.8 Å². The van der Waals surface area contributed by atoms with Crippen LogP contribution in [0, 0.1) is 0 Å². The maximum Gasteiger partial charge on any atom is 0.326 e. The maximum absolute atomic E-state index is 13.6. The van der Waals surface area contributed by atoms with Crippen molar-refractivity contribution in [3.8, 4) is 0 Å². The molecule has 6 heteroatoms. The Labute approximate surface area is 232 Å². The van der Waals surface area contributed by atoms with E-state index >= 15 is 0 Å². The second kappa shape index (κ2) is 12.3. The Morgan fingerprint density at radius 3 is 2.21 bits per heavy atom. The zero-order valence-corrected chi connectivity index (χ0v) is 22.1. The molecule has 5 aromatic rings. The van der Waals surface area contributed by atoms with Crippen molar-refractivity contribution in [3.63, 3.8) is 0 Å². The number of hydrogen-bond donors (Lipinski definition) is 2. The number of hydrogen-bond acceptors (Lipinski definition) is 3. The number of nitrogens with zero attached hydrogens (tertiary/aromatic N) is 1. The SMILES string of the molecule is O=C(O)Cc1ccc(Sc2cccc(N(CCc3ccccc3)C(=O)Nc3ccc4ccccc4c3)c2)cc1. The Kier molecular flexibility index (Phi) is 8.24. The summed E-state index contributed by atoms with van der Waals surface area (Å²) in [5.41, 5.74) is 3.47. The summed E-state index contributed by atoms with van der Waals surface area (Å²) >= 11 is 1.57. The fourth-order valence-corrected chi connectivity index (χ4v) is 5.26. The first-order chi connectivity index (χ1) is 19.0. The van der Waals surface area contributed by atoms with Gasteiger partial charge in [0, 0.05) is 27.7 Å². The molecule has 5 rings (SSSR count). The second-order valence-electron chi connectivity index (χ2n) is 9.19. The lowest BCUT2D eigenvalue weighted by Crippen LogP contribution is -2.36. The van der Waals surface area contributed by atoms with Crippen molar-refractivity contribution < 1.29 is 14.7 Å². The van der Waals surface area contributed by atoms with Crippen LogP contribution in [-0.4, -0.2) is 23.7 Å². The molecule has 5 aromatic carbocycles. The summed E-state index contributed by atoms with van der Waals surface area (Å²) in [5, 5.41) is 14.3. The topological polar surface area (TPSA) is 69.6 Å². The average molecular weight is 533 g/mol. The monoisotopic (exact) mass is 532 g/mol. The van der Waals surface area contributed by atoms with Crippen LogP contribution >= 0.6 is 11.8 Å². The molecule has 39 heavy (non-hydrogen) atoms. The number of carbonyl (C=O) groups excluding carboxylic acids is 1. The van der Waals surface area contributed by atoms with Gasteiger partial charge in [-0.2, -0.15) is 0 Å². The molecule has 0 fully saturated rings. The lowest BCUT2D eigenvalue weighted by Gasteiger charge is -2.24. The van der Waals surface area contributed by atoms with Gasteiger partial charge < -0.3 is 10.4 Å². The van der Waals surface area contributed by atoms with Gasteiger partial charge in [-0.3, -0.25) is 9.69 Å². The largest absolute Gasteiger partial charge is 0.481 e. The van der Waals surface area contributed by atoms with Gasteiger partial charge in [-0.15, -0.1) is 0 Å². The number of nitrogens with one attached hydrogen (secondary N) is 1. The Hall–Kier alpha value is -4.55. The first-order valence-electron chi connectivity index (χ1n) is 12.7. The van der Waals surface area contributed by atoms with Gasteiger partial charge in [0.1, 0.15) is 0 Å². The van der Waals surface area contributed by atoms with Gasteiger partial charge in [0.2, 0.25) is 0 Å². The summed E-state index contributed by atoms with van der Waals surface area (Å²) in [5.74, 6) is -0.847. The van der Waals surface area contributed by atoms with Gasteiger partial charge in [0.05, 0.1) is 6.42 Å². The summed E-state index contributed by atoms with van der Waals surface area (Å²) in [6.45, 7) is 0.515. The van der Waals surface area contributed by atoms with Gasteiger partial charge in [-0.05, 0) is 70.8 Å². The number of rotatable bonds is 9. The molecule has 0 radical (unpaired) electrons. The molecular formula is C33H28N2O3S. The summed E-state index contributed by atoms with van der Waals surface area (Å²) in [6, 6.07) is 39.4. The third-order valence-electron chi connectivity index (χ3n) is 6.36. The summed E-state index contributed by atoms with van der Waals surface area (Å²) < 4.78 is 0. The Balaban J connectivity index is 1.37. The molecule has 2 amide bonds. The van der Waals surface area contributed by atoms with Crippen molar-refractivity contribution in [3.05, 3.63) is 132 Å². The molecule has 0 heterocycles. The normalized spacial score (nSPS) is 10.8. The third kappa shape index (κ3) is 7.06. The molecule has 194 valence electrons. The molecule has 0 unspecified atom stereocenters. The Bertz CT molecular complexity index is 1590. The number of urea groups is 1. The quantitative estimate of drug-likeness (QED) is 0.202. The average Bonchev–Trinajstić information content (AvgIpc) is 2.95. The molecule has 0 bridgehead atoms. The minimum absolute atomic E-state index is 0.00310. The molecule has 2 N–H and O–H groups in total. The van der Waals surface area contributed by atoms with Gasteiger partial charge in [-0.25, -0.2) is 4.79 Å². The highest BCUT2D eigenvalue weighted by Gasteiger charge is 2.17. The molecular weight excluding hydrogens is 504 g/mol. The number of benzene rings is 5. The van der Waals surface area contributed by atoms with Gasteiger partial charge in [0.25, 0.3) is 0 Å². The minimum atomic E-state index is -0.847. The smallest absolute Gasteiger partial charge is 0.326 e. The fourth-order valence-electron chi connectivity index (χ4n) is 4.39. The zero-order chi connectivity index (χ0) is 27.0. The summed E-state index contributed by atoms with van der Waals surface area (Å²) in [6.07, 6.45) is 0.720. The Morgan fingerprint density at radius 2 is 1.44 bits per heavy atom. The Morgan fingerprint density at radius 1 is 0.692 bits per heavy atom. The molecule has 0 aromatic heterocycles. The van der Waals surface area contributed by atoms with Crippen LogP contribution in [0.5, 0.6) is 0 Å². The predicted octanol–water partition coefficient (Wildman–Crippen LogP) is 7.90. The van der Waals surface area contributed by atoms with Crippen molar-refractivity contribution in [1.82, 2.24) is 0 Å². The van der Waals surface area contributed by atoms with Gasteiger partial charge in [-0.1, -0.05) is 90.6 Å². The van der Waals surface area contributed by atoms with E-state index in [1.54, 1.807) is 16.7 Å². The minimum Gasteiger partial charge on any atom is -0.481 e. The molecule has 5 nitrogen and oxygen atoms in total. The summed E-state index contributed by atoms with van der Waals surface area (Å²) in [7, 11) is 0. The van der Waals surface area contributed by atoms with Crippen LogP contribution in [0.3, 0.4) is 0 Å². The molecule has 0 saturated carbocycles. The van der Waals surface area contributed by atoms with E-state index in [0.717, 1.165) is 43.1 Å². The lowest BCUT2D eigenvalue weighted by atomic mass is 10.1. The van der Waals surface area contributed by atoms with Crippen LogP contribution in [0.1, 0.15) is 11.1 Å². The van der Waals surface area contributed by atoms with Crippen LogP contribution in [0.15, 0.2) is 131 Å². The second-order valence-corrected chi connectivity index (χ2v) is 10.3. The molecule has 0 aliphatic heterocycles. The molecule has 0 aliphatic carbocycles. The number of fused-ring (bicyclic) bond motifs is 1. The van der Waals surface area contributed by atoms with Crippen LogP contribution in [0.4, 0.5) is 16.2 Å². The van der Waals surface area contributed by atoms with Crippen LogP contribution in [0.2, 0.25) is 0 Å². The predicted molar refractivity (Wildman–Crippen MR) is 159 cm³/mol. The molecule has 0 aliphatic rings. The van der Waals surface area contributed by atoms with Crippen LogP contribution < -0.4 is 10.2 Å². The van der Waals surface area contributed by atoms with E-state index in [-0.39, 0.29) is 12.5 Å². The molecule has 0 atom stereocenters. The highest BCUT2D eigenvalue weighted by molar-refractivity contribution is 7.99. The fraction of sp³-hybridized carbons (Fsp3) is 0.0909. The van der Waals surface area contributed by atoms with Crippen molar-refractivity contribution >= 4 is 45.9 Å². The number of amides is 2. The van der Waals surface area contributed by atoms with Gasteiger partial charge in [0.15, 0.2) is 0 Å². The van der Waals surface area contributed by atoms with Crippen molar-refractivity contribution in [2.45, 2.75) is 22.6 Å². The number of carboxylic acids is 1. The van der Waals surface area contributed by atoms with E-state index in [9.17, 15) is 9.59 Å². The molecule has 0 spiro atoms. The van der Waals surface area contributed by atoms with Crippen molar-refractivity contribution in [1.29, 1.82) is 0 Å². The van der Waals surface area contributed by atoms with E-state index in [4.69, 9.17) is 5.11 Å². The summed E-state index contributed by atoms with van der Waals surface area (Å²) in [4.78, 5) is 28.4. The van der Waals surface area contributed by atoms with Crippen LogP contribution in [-0.2, 0) is 17.6 Å². The first-order valence-corrected chi connectivity index (χ1v) is 13.5. The highest BCUT2D eigenvalue weighted by Crippen LogP contribution is 2.31. The first kappa shape index (κ1) is 26.1. The number of aliphatic carboxylic acids is 1. The van der Waals surface area contributed by atoms with Crippen molar-refractivity contribution in [2.24, 2.45) is 0 Å². The van der Waals surface area contributed by atoms with E-state index in [0.29, 0.717) is 13.0 Å². The van der Waals surface area contributed by atoms with Crippen molar-refractivity contribution in [2.75, 3.05) is 16.8 Å². The standard InChI is InChI=1S/C33H28N2O3S/c36-32(37)21-25-13-17-30(18-14-25)39-31-12-6-11-29(23-31)35(20-19-24-7-2-1-3-8-24)33(38)34-28-16-15-26-9-4-5-10-27(26)22-28/h1-18,22-23H,19-21H2,(H,34,38)(H,36,37). The number of carbonyl (C=O) groups is 2. The van der Waals surface area contributed by atoms with Gasteiger partial charge >= 0.3 is 12.0 Å². The number of carboxylic acid groups (broad SMARTS) is 1. The zero-order valence-electron chi connectivity index (χ0n) is 21.3. The van der Waals surface area contributed by atoms with E-state index in [1.807, 2.05) is 103 Å².